The van der Waals surface area contributed by atoms with Gasteiger partial charge in [-0.2, -0.15) is 0 Å². The lowest BCUT2D eigenvalue weighted by molar-refractivity contribution is -0.150. The van der Waals surface area contributed by atoms with Gasteiger partial charge < -0.3 is 42.3 Å². The van der Waals surface area contributed by atoms with Crippen molar-refractivity contribution in [3.05, 3.63) is 0 Å². The maximum atomic E-state index is 10.5. The van der Waals surface area contributed by atoms with Crippen molar-refractivity contribution in [1.82, 2.24) is 0 Å². The Balaban J connectivity index is -0.000000245. The first kappa shape index (κ1) is 26.1. The van der Waals surface area contributed by atoms with E-state index < -0.39 is 21.8 Å². The van der Waals surface area contributed by atoms with Gasteiger partial charge in [-0.05, 0) is 0 Å². The predicted molar refractivity (Wildman–Crippen MR) is 64.5 cm³/mol. The summed E-state index contributed by atoms with van der Waals surface area (Å²) in [5.74, 6) is -3.59. The van der Waals surface area contributed by atoms with Crippen molar-refractivity contribution in [2.24, 2.45) is 0 Å². The topological polar surface area (TPSA) is 241 Å². The van der Waals surface area contributed by atoms with Gasteiger partial charge in [0.25, 0.3) is 0 Å². The summed E-state index contributed by atoms with van der Waals surface area (Å²) >= 11 is 1.03. The molecule has 0 aromatic carbocycles. The maximum absolute atomic E-state index is 10.5. The van der Waals surface area contributed by atoms with Crippen LogP contribution in [0.1, 0.15) is 0 Å². The molecule has 1 aliphatic rings. The van der Waals surface area contributed by atoms with E-state index in [1.807, 2.05) is 0 Å². The van der Waals surface area contributed by atoms with E-state index in [0.717, 1.165) is 0 Å². The summed E-state index contributed by atoms with van der Waals surface area (Å²) in [5.41, 5.74) is 0. The average molecular weight is 312 g/mol. The van der Waals surface area contributed by atoms with Crippen LogP contribution in [0.5, 0.6) is 0 Å². The largest absolute Gasteiger partial charge is 0.478 e. The van der Waals surface area contributed by atoms with Gasteiger partial charge in [0.1, 0.15) is 0 Å². The first-order chi connectivity index (χ1) is 6.30. The average Bonchev–Trinajstić information content (AvgIpc) is 2.10. The second kappa shape index (κ2) is 8.49. The molecule has 112 valence electrons. The highest BCUT2D eigenvalue weighted by Crippen LogP contribution is 2.42. The first-order valence-electron chi connectivity index (χ1n) is 3.50. The van der Waals surface area contributed by atoms with Crippen molar-refractivity contribution in [3.63, 3.8) is 0 Å². The van der Waals surface area contributed by atoms with Crippen LogP contribution in [0.2, 0.25) is 0 Å². The van der Waals surface area contributed by atoms with Gasteiger partial charge in [-0.25, -0.2) is 9.59 Å². The molecular formula is C6H16O10S2. The second-order valence-electron chi connectivity index (χ2n) is 2.76. The number of carbonyl (C=O) groups is 2. The van der Waals surface area contributed by atoms with Crippen molar-refractivity contribution in [3.8, 4) is 0 Å². The van der Waals surface area contributed by atoms with Crippen molar-refractivity contribution in [2.45, 2.75) is 9.87 Å². The summed E-state index contributed by atoms with van der Waals surface area (Å²) in [6, 6.07) is 0. The molecule has 2 atom stereocenters. The Morgan fingerprint density at radius 3 is 1.11 bits per heavy atom. The van der Waals surface area contributed by atoms with E-state index in [0.29, 0.717) is 23.5 Å². The third-order valence-corrected chi connectivity index (χ3v) is 4.76. The zero-order valence-electron chi connectivity index (χ0n) is 8.84. The van der Waals surface area contributed by atoms with Crippen molar-refractivity contribution in [1.29, 1.82) is 0 Å². The fourth-order valence-corrected chi connectivity index (χ4v) is 3.15. The summed E-state index contributed by atoms with van der Waals surface area (Å²) in [6.45, 7) is 0. The highest BCUT2D eigenvalue weighted by molar-refractivity contribution is 8.08. The Labute approximate surface area is 109 Å². The van der Waals surface area contributed by atoms with Crippen molar-refractivity contribution >= 4 is 35.5 Å². The number of carboxylic acids is 2. The molecule has 10 nitrogen and oxygen atoms in total. The summed E-state index contributed by atoms with van der Waals surface area (Å²) in [6.07, 6.45) is 0. The van der Waals surface area contributed by atoms with Gasteiger partial charge in [-0.1, -0.05) is 0 Å². The first-order valence-corrected chi connectivity index (χ1v) is 5.47. The number of carboxylic acid groups (broad SMARTS) is 2. The SMILES string of the molecule is O.O.O.O.O=C(O)C1(O)CSC(O)(C(=O)O)CS1. The van der Waals surface area contributed by atoms with Gasteiger partial charge in [0.05, 0.1) is 0 Å². The zero-order chi connectivity index (χ0) is 11.0. The normalized spacial score (nSPS) is 29.4. The van der Waals surface area contributed by atoms with Crippen LogP contribution >= 0.6 is 23.5 Å². The molecule has 0 bridgehead atoms. The van der Waals surface area contributed by atoms with Crippen LogP contribution in [-0.2, 0) is 9.59 Å². The molecule has 12 heteroatoms. The van der Waals surface area contributed by atoms with Crippen LogP contribution in [0.4, 0.5) is 0 Å². The molecule has 18 heavy (non-hydrogen) atoms. The highest BCUT2D eigenvalue weighted by Gasteiger charge is 2.50. The number of hydrogen-bond acceptors (Lipinski definition) is 6. The van der Waals surface area contributed by atoms with E-state index in [4.69, 9.17) is 10.2 Å². The monoisotopic (exact) mass is 312 g/mol. The van der Waals surface area contributed by atoms with Crippen molar-refractivity contribution in [2.75, 3.05) is 11.5 Å². The Morgan fingerprint density at radius 1 is 0.778 bits per heavy atom. The van der Waals surface area contributed by atoms with E-state index in [2.05, 4.69) is 0 Å². The molecule has 0 saturated carbocycles. The van der Waals surface area contributed by atoms with Gasteiger partial charge in [-0.15, -0.1) is 23.5 Å². The number of hydrogen-bond donors (Lipinski definition) is 4. The van der Waals surface area contributed by atoms with Crippen LogP contribution in [0.25, 0.3) is 0 Å². The highest BCUT2D eigenvalue weighted by atomic mass is 32.2. The lowest BCUT2D eigenvalue weighted by atomic mass is 10.4. The molecule has 0 aromatic heterocycles. The summed E-state index contributed by atoms with van der Waals surface area (Å²) in [5, 5.41) is 36.0. The van der Waals surface area contributed by atoms with E-state index in [1.54, 1.807) is 0 Å². The lowest BCUT2D eigenvalue weighted by Gasteiger charge is -2.34. The molecule has 0 radical (unpaired) electrons. The molecule has 0 spiro atoms. The molecule has 0 amide bonds. The van der Waals surface area contributed by atoms with Gasteiger partial charge in [0.2, 0.25) is 9.87 Å². The predicted octanol–water partition coefficient (Wildman–Crippen LogP) is -4.29. The van der Waals surface area contributed by atoms with Crippen LogP contribution in [-0.4, -0.2) is 75.6 Å². The number of aliphatic hydroxyl groups is 2. The van der Waals surface area contributed by atoms with Gasteiger partial charge in [0.15, 0.2) is 0 Å². The van der Waals surface area contributed by atoms with Crippen molar-refractivity contribution < 1.29 is 51.9 Å². The summed E-state index contributed by atoms with van der Waals surface area (Å²) in [7, 11) is 0. The molecule has 0 aromatic rings. The quantitative estimate of drug-likeness (QED) is 0.387. The minimum atomic E-state index is -2.01. The molecule has 1 aliphatic heterocycles. The van der Waals surface area contributed by atoms with Gasteiger partial charge >= 0.3 is 11.9 Å². The van der Waals surface area contributed by atoms with Crippen LogP contribution in [0.15, 0.2) is 0 Å². The third-order valence-electron chi connectivity index (χ3n) is 1.68. The zero-order valence-corrected chi connectivity index (χ0v) is 10.5. The lowest BCUT2D eigenvalue weighted by Crippen LogP contribution is -2.50. The maximum Gasteiger partial charge on any atom is 0.347 e. The second-order valence-corrected chi connectivity index (χ2v) is 5.26. The Hall–Kier alpha value is -0.600. The Kier molecular flexibility index (Phi) is 12.3. The summed E-state index contributed by atoms with van der Waals surface area (Å²) < 4.78 is 0. The van der Waals surface area contributed by atoms with Gasteiger partial charge in [-0.3, -0.25) is 0 Å². The fraction of sp³-hybridized carbons (Fsp3) is 0.667. The minimum Gasteiger partial charge on any atom is -0.478 e. The molecule has 2 unspecified atom stereocenters. The van der Waals surface area contributed by atoms with E-state index in [9.17, 15) is 19.8 Å². The molecule has 1 rings (SSSR count). The van der Waals surface area contributed by atoms with Gasteiger partial charge in [0, 0.05) is 11.5 Å². The standard InChI is InChI=1S/C6H8O6S2.4H2O/c7-3(8)5(11)1-13-6(12,2-14-5)4(9)10;;;;/h11-12H,1-2H2,(H,7,8)(H,9,10);4*1H2. The molecule has 12 N–H and O–H groups in total. The molecule has 1 heterocycles. The van der Waals surface area contributed by atoms with E-state index in [1.165, 1.54) is 0 Å². The van der Waals surface area contributed by atoms with Crippen LogP contribution in [0, 0.1) is 0 Å². The number of aliphatic carboxylic acids is 2. The Bertz CT molecular complexity index is 246. The van der Waals surface area contributed by atoms with Crippen LogP contribution in [0.3, 0.4) is 0 Å². The fourth-order valence-electron chi connectivity index (χ4n) is 0.765. The molecule has 1 saturated heterocycles. The number of rotatable bonds is 2. The molecule has 1 fully saturated rings. The molecular weight excluding hydrogens is 296 g/mol. The molecule has 0 aliphatic carbocycles. The summed E-state index contributed by atoms with van der Waals surface area (Å²) in [4.78, 5) is 17.1. The Morgan fingerprint density at radius 2 is 1.00 bits per heavy atom. The van der Waals surface area contributed by atoms with Crippen LogP contribution < -0.4 is 0 Å². The minimum absolute atomic E-state index is 0. The smallest absolute Gasteiger partial charge is 0.347 e. The van der Waals surface area contributed by atoms with E-state index in [-0.39, 0.29) is 33.4 Å². The number of thioether (sulfide) groups is 2. The van der Waals surface area contributed by atoms with E-state index >= 15 is 0 Å². The third kappa shape index (κ3) is 4.95.